The third-order valence-corrected chi connectivity index (χ3v) is 1.91. The molecule has 0 atom stereocenters. The van der Waals surface area contributed by atoms with E-state index in [1.54, 1.807) is 0 Å². The lowest BCUT2D eigenvalue weighted by molar-refractivity contribution is 0.267. The highest BCUT2D eigenvalue weighted by Crippen LogP contribution is 2.24. The molecule has 78 valence electrons. The predicted molar refractivity (Wildman–Crippen MR) is 47.8 cm³/mol. The summed E-state index contributed by atoms with van der Waals surface area (Å²) in [5.74, 6) is -1.07. The van der Waals surface area contributed by atoms with Gasteiger partial charge in [-0.05, 0) is 18.2 Å². The van der Waals surface area contributed by atoms with Crippen LogP contribution in [0.15, 0.2) is 28.8 Å². The third-order valence-electron chi connectivity index (χ3n) is 1.91. The summed E-state index contributed by atoms with van der Waals surface area (Å²) in [5, 5.41) is 12.2. The Hall–Kier alpha value is -1.75. The van der Waals surface area contributed by atoms with Gasteiger partial charge in [-0.3, -0.25) is 0 Å². The first-order valence-corrected chi connectivity index (χ1v) is 4.22. The minimum Gasteiger partial charge on any atom is -0.390 e. The highest BCUT2D eigenvalue weighted by molar-refractivity contribution is 5.58. The van der Waals surface area contributed by atoms with E-state index in [0.29, 0.717) is 0 Å². The van der Waals surface area contributed by atoms with Crippen molar-refractivity contribution in [1.29, 1.82) is 0 Å². The summed E-state index contributed by atoms with van der Waals surface area (Å²) in [4.78, 5) is 0. The largest absolute Gasteiger partial charge is 0.390 e. The van der Waals surface area contributed by atoms with E-state index in [-0.39, 0.29) is 23.6 Å². The molecular formula is C10H7F2NO2. The standard InChI is InChI=1S/C10H7F2NO2/c11-6-1-2-9(12)8(3-6)10-4-7(5-14)13-15-10/h1-4,14H,5H2. The minimum absolute atomic E-state index is 0.0119. The Morgan fingerprint density at radius 3 is 2.73 bits per heavy atom. The molecule has 0 bridgehead atoms. The van der Waals surface area contributed by atoms with Gasteiger partial charge < -0.3 is 9.63 Å². The fourth-order valence-electron chi connectivity index (χ4n) is 1.20. The molecule has 5 heteroatoms. The van der Waals surface area contributed by atoms with Crippen LogP contribution in [-0.4, -0.2) is 10.3 Å². The first-order chi connectivity index (χ1) is 7.20. The Morgan fingerprint density at radius 1 is 1.27 bits per heavy atom. The summed E-state index contributed by atoms with van der Waals surface area (Å²) in [6.07, 6.45) is 0. The number of aromatic nitrogens is 1. The highest BCUT2D eigenvalue weighted by Gasteiger charge is 2.11. The van der Waals surface area contributed by atoms with E-state index < -0.39 is 11.6 Å². The number of benzene rings is 1. The zero-order chi connectivity index (χ0) is 10.8. The molecule has 0 saturated carbocycles. The number of halogens is 2. The summed E-state index contributed by atoms with van der Waals surface area (Å²) in [5.41, 5.74) is 0.260. The molecule has 0 amide bonds. The lowest BCUT2D eigenvalue weighted by Crippen LogP contribution is -1.84. The van der Waals surface area contributed by atoms with Crippen LogP contribution in [0.5, 0.6) is 0 Å². The molecule has 1 N–H and O–H groups in total. The lowest BCUT2D eigenvalue weighted by Gasteiger charge is -1.97. The fraction of sp³-hybridized carbons (Fsp3) is 0.100. The Bertz CT molecular complexity index is 482. The number of rotatable bonds is 2. The van der Waals surface area contributed by atoms with Crippen molar-refractivity contribution in [1.82, 2.24) is 5.16 Å². The van der Waals surface area contributed by atoms with E-state index in [4.69, 9.17) is 9.63 Å². The fourth-order valence-corrected chi connectivity index (χ4v) is 1.20. The molecule has 0 aliphatic rings. The molecule has 0 radical (unpaired) electrons. The molecule has 2 rings (SSSR count). The first-order valence-electron chi connectivity index (χ1n) is 4.22. The molecule has 0 spiro atoms. The summed E-state index contributed by atoms with van der Waals surface area (Å²) in [6.45, 7) is -0.305. The van der Waals surface area contributed by atoms with E-state index >= 15 is 0 Å². The molecule has 0 fully saturated rings. The van der Waals surface area contributed by atoms with E-state index in [1.165, 1.54) is 6.07 Å². The van der Waals surface area contributed by atoms with Crippen LogP contribution in [0.4, 0.5) is 8.78 Å². The maximum atomic E-state index is 13.3. The quantitative estimate of drug-likeness (QED) is 0.827. The van der Waals surface area contributed by atoms with Gasteiger partial charge >= 0.3 is 0 Å². The average Bonchev–Trinajstić information content (AvgIpc) is 2.70. The highest BCUT2D eigenvalue weighted by atomic mass is 19.1. The van der Waals surface area contributed by atoms with Crippen molar-refractivity contribution in [2.45, 2.75) is 6.61 Å². The van der Waals surface area contributed by atoms with Crippen LogP contribution in [0.3, 0.4) is 0 Å². The number of aliphatic hydroxyl groups is 1. The molecular weight excluding hydrogens is 204 g/mol. The van der Waals surface area contributed by atoms with Gasteiger partial charge in [0.25, 0.3) is 0 Å². The van der Waals surface area contributed by atoms with Gasteiger partial charge in [0.1, 0.15) is 17.3 Å². The van der Waals surface area contributed by atoms with Crippen LogP contribution >= 0.6 is 0 Å². The molecule has 0 aliphatic heterocycles. The number of nitrogens with zero attached hydrogens (tertiary/aromatic N) is 1. The Labute approximate surface area is 83.9 Å². The van der Waals surface area contributed by atoms with Gasteiger partial charge in [-0.25, -0.2) is 8.78 Å². The maximum absolute atomic E-state index is 13.3. The SMILES string of the molecule is OCc1cc(-c2cc(F)ccc2F)on1. The van der Waals surface area contributed by atoms with E-state index in [1.807, 2.05) is 0 Å². The Morgan fingerprint density at radius 2 is 2.07 bits per heavy atom. The van der Waals surface area contributed by atoms with Crippen LogP contribution in [0.2, 0.25) is 0 Å². The molecule has 0 aliphatic carbocycles. The number of hydrogen-bond donors (Lipinski definition) is 1. The molecule has 1 aromatic heterocycles. The second-order valence-corrected chi connectivity index (χ2v) is 2.96. The van der Waals surface area contributed by atoms with Crippen LogP contribution in [0, 0.1) is 11.6 Å². The third kappa shape index (κ3) is 1.87. The average molecular weight is 211 g/mol. The minimum atomic E-state index is -0.600. The number of hydrogen-bond acceptors (Lipinski definition) is 3. The van der Waals surface area contributed by atoms with Crippen molar-refractivity contribution in [3.8, 4) is 11.3 Å². The molecule has 15 heavy (non-hydrogen) atoms. The normalized spacial score (nSPS) is 10.6. The van der Waals surface area contributed by atoms with Crippen molar-refractivity contribution in [2.75, 3.05) is 0 Å². The molecule has 1 heterocycles. The van der Waals surface area contributed by atoms with Crippen LogP contribution in [0.25, 0.3) is 11.3 Å². The summed E-state index contributed by atoms with van der Waals surface area (Å²) < 4.78 is 30.9. The second kappa shape index (κ2) is 3.78. The monoisotopic (exact) mass is 211 g/mol. The van der Waals surface area contributed by atoms with Gasteiger partial charge in [0.15, 0.2) is 5.76 Å². The Balaban J connectivity index is 2.48. The van der Waals surface area contributed by atoms with Crippen LogP contribution in [-0.2, 0) is 6.61 Å². The summed E-state index contributed by atoms with van der Waals surface area (Å²) in [6, 6.07) is 4.39. The van der Waals surface area contributed by atoms with Crippen LogP contribution in [0.1, 0.15) is 5.69 Å². The lowest BCUT2D eigenvalue weighted by atomic mass is 10.1. The van der Waals surface area contributed by atoms with E-state index in [2.05, 4.69) is 5.16 Å². The predicted octanol–water partition coefficient (Wildman–Crippen LogP) is 2.11. The van der Waals surface area contributed by atoms with Gasteiger partial charge in [-0.1, -0.05) is 5.16 Å². The maximum Gasteiger partial charge on any atom is 0.170 e. The van der Waals surface area contributed by atoms with Crippen molar-refractivity contribution in [3.63, 3.8) is 0 Å². The topological polar surface area (TPSA) is 46.3 Å². The Kier molecular flexibility index (Phi) is 2.47. The molecule has 1 aromatic carbocycles. The van der Waals surface area contributed by atoms with Gasteiger partial charge in [0.05, 0.1) is 12.2 Å². The molecule has 2 aromatic rings. The summed E-state index contributed by atoms with van der Waals surface area (Å²) >= 11 is 0. The van der Waals surface area contributed by atoms with E-state index in [0.717, 1.165) is 18.2 Å². The number of aliphatic hydroxyl groups excluding tert-OH is 1. The second-order valence-electron chi connectivity index (χ2n) is 2.96. The van der Waals surface area contributed by atoms with Crippen molar-refractivity contribution >= 4 is 0 Å². The van der Waals surface area contributed by atoms with E-state index in [9.17, 15) is 8.78 Å². The van der Waals surface area contributed by atoms with Gasteiger partial charge in [0, 0.05) is 6.07 Å². The molecule has 0 unspecified atom stereocenters. The molecule has 3 nitrogen and oxygen atoms in total. The first kappa shape index (κ1) is 9.79. The van der Waals surface area contributed by atoms with Crippen molar-refractivity contribution in [3.05, 3.63) is 41.6 Å². The zero-order valence-corrected chi connectivity index (χ0v) is 7.58. The van der Waals surface area contributed by atoms with Gasteiger partial charge in [-0.15, -0.1) is 0 Å². The van der Waals surface area contributed by atoms with Crippen molar-refractivity contribution in [2.24, 2.45) is 0 Å². The van der Waals surface area contributed by atoms with Gasteiger partial charge in [0.2, 0.25) is 0 Å². The van der Waals surface area contributed by atoms with Crippen molar-refractivity contribution < 1.29 is 18.4 Å². The summed E-state index contributed by atoms with van der Waals surface area (Å²) in [7, 11) is 0. The molecule has 0 saturated heterocycles. The smallest absolute Gasteiger partial charge is 0.170 e. The van der Waals surface area contributed by atoms with Crippen LogP contribution < -0.4 is 0 Å². The van der Waals surface area contributed by atoms with Gasteiger partial charge in [-0.2, -0.15) is 0 Å². The zero-order valence-electron chi connectivity index (χ0n) is 7.58.